The van der Waals surface area contributed by atoms with Crippen LogP contribution in [0.4, 0.5) is 0 Å². The first kappa shape index (κ1) is 31.9. The molecule has 0 aromatic heterocycles. The van der Waals surface area contributed by atoms with E-state index in [2.05, 4.69) is 6.58 Å². The summed E-state index contributed by atoms with van der Waals surface area (Å²) in [7, 11) is 0.499. The second-order valence-electron chi connectivity index (χ2n) is 7.48. The van der Waals surface area contributed by atoms with Gasteiger partial charge in [0.15, 0.2) is 5.76 Å². The molecular weight excluding hydrogens is 461 g/mol. The Morgan fingerprint density at radius 3 is 1.73 bits per heavy atom. The van der Waals surface area contributed by atoms with E-state index in [0.717, 1.165) is 0 Å². The van der Waals surface area contributed by atoms with E-state index in [1.165, 1.54) is 0 Å². The second kappa shape index (κ2) is 14.3. The van der Waals surface area contributed by atoms with Crippen LogP contribution in [0.5, 0.6) is 0 Å². The molecule has 0 aliphatic heterocycles. The number of ether oxygens (including phenoxy) is 6. The lowest BCUT2D eigenvalue weighted by Gasteiger charge is -2.46. The van der Waals surface area contributed by atoms with Gasteiger partial charge in [-0.05, 0) is 41.2 Å². The molecule has 33 heavy (non-hydrogen) atoms. The minimum absolute atomic E-state index is 0.106. The average molecular weight is 502 g/mol. The Morgan fingerprint density at radius 1 is 0.879 bits per heavy atom. The van der Waals surface area contributed by atoms with E-state index in [-0.39, 0.29) is 45.4 Å². The Bertz CT molecular complexity index is 638. The largest absolute Gasteiger partial charge is 0.756 e. The predicted octanol–water partition coefficient (Wildman–Crippen LogP) is 1.74. The third-order valence-electron chi connectivity index (χ3n) is 3.73. The van der Waals surface area contributed by atoms with Gasteiger partial charge in [0.25, 0.3) is 7.82 Å². The van der Waals surface area contributed by atoms with Crippen LogP contribution in [0.15, 0.2) is 12.3 Å². The van der Waals surface area contributed by atoms with Crippen LogP contribution in [0.2, 0.25) is 0 Å². The Balaban J connectivity index is 6.36. The zero-order chi connectivity index (χ0) is 25.8. The van der Waals surface area contributed by atoms with Crippen LogP contribution in [0, 0.1) is 0 Å². The van der Waals surface area contributed by atoms with Crippen molar-refractivity contribution in [2.75, 3.05) is 67.3 Å². The highest BCUT2D eigenvalue weighted by atomic mass is 31.2. The summed E-state index contributed by atoms with van der Waals surface area (Å²) in [6.07, 6.45) is 0. The quantitative estimate of drug-likeness (QED) is 0.0640. The fourth-order valence-electron chi connectivity index (χ4n) is 2.44. The van der Waals surface area contributed by atoms with E-state index in [1.807, 2.05) is 21.1 Å². The molecule has 12 nitrogen and oxygen atoms in total. The molecule has 196 valence electrons. The fraction of sp³-hybridized carbons (Fsp3) is 0.850. The highest BCUT2D eigenvalue weighted by molar-refractivity contribution is 7.45. The van der Waals surface area contributed by atoms with E-state index in [0.29, 0.717) is 11.0 Å². The van der Waals surface area contributed by atoms with Crippen LogP contribution in [0.3, 0.4) is 0 Å². The number of likely N-dealkylation sites (N-methyl/N-ethyl adjacent to an activating group) is 1. The van der Waals surface area contributed by atoms with Gasteiger partial charge in [0.1, 0.15) is 13.2 Å². The molecule has 0 amide bonds. The summed E-state index contributed by atoms with van der Waals surface area (Å²) in [6.45, 7) is 11.2. The molecule has 0 bridgehead atoms. The third kappa shape index (κ3) is 10.4. The van der Waals surface area contributed by atoms with Gasteiger partial charge in [-0.25, -0.2) is 4.79 Å². The Morgan fingerprint density at radius 2 is 1.33 bits per heavy atom. The van der Waals surface area contributed by atoms with Crippen molar-refractivity contribution >= 4 is 13.8 Å². The molecule has 0 aromatic rings. The van der Waals surface area contributed by atoms with Crippen LogP contribution >= 0.6 is 7.82 Å². The normalized spacial score (nSPS) is 14.6. The van der Waals surface area contributed by atoms with E-state index >= 15 is 0 Å². The van der Waals surface area contributed by atoms with Crippen molar-refractivity contribution in [2.24, 2.45) is 0 Å². The number of hydrogen-bond acceptors (Lipinski definition) is 11. The van der Waals surface area contributed by atoms with E-state index in [4.69, 9.17) is 37.5 Å². The van der Waals surface area contributed by atoms with Gasteiger partial charge in [-0.1, -0.05) is 0 Å². The maximum absolute atomic E-state index is 12.8. The van der Waals surface area contributed by atoms with Gasteiger partial charge in [0.2, 0.25) is 0 Å². The molecule has 0 aliphatic rings. The van der Waals surface area contributed by atoms with Gasteiger partial charge >= 0.3 is 17.9 Å². The number of quaternary nitrogens is 1. The molecule has 0 aliphatic carbocycles. The standard InChI is InChI=1S/C20H40NO11P/c1-10-25-17(6)18(22)31-19(26-11-2,27-12-3)20(28-13-4,29-14-5)32-33(23,24)30-16-15-21(7,8)9/h6,10-16H2,1-5,7-9H3. The van der Waals surface area contributed by atoms with Gasteiger partial charge < -0.3 is 42.3 Å². The van der Waals surface area contributed by atoms with E-state index < -0.39 is 25.7 Å². The minimum atomic E-state index is -5.10. The fourth-order valence-corrected chi connectivity index (χ4v) is 3.31. The SMILES string of the molecule is C=C(OCC)C(=O)OC(OCC)(OCC)C(OCC)(OCC)OP(=O)([O-])OCC[N+](C)(C)C. The Labute approximate surface area is 196 Å². The summed E-state index contributed by atoms with van der Waals surface area (Å²) < 4.78 is 56.3. The number of phosphoric acid groups is 1. The lowest BCUT2D eigenvalue weighted by molar-refractivity contribution is -0.870. The summed E-state index contributed by atoms with van der Waals surface area (Å²) >= 11 is 0. The molecular formula is C20H40NO11P. The predicted molar refractivity (Wildman–Crippen MR) is 116 cm³/mol. The van der Waals surface area contributed by atoms with Gasteiger partial charge in [-0.3, -0.25) is 9.09 Å². The first-order chi connectivity index (χ1) is 15.3. The van der Waals surface area contributed by atoms with Gasteiger partial charge in [-0.2, -0.15) is 0 Å². The summed E-state index contributed by atoms with van der Waals surface area (Å²) in [5.41, 5.74) is 0. The van der Waals surface area contributed by atoms with Crippen LogP contribution < -0.4 is 4.89 Å². The summed E-state index contributed by atoms with van der Waals surface area (Å²) in [4.78, 5) is 25.4. The summed E-state index contributed by atoms with van der Waals surface area (Å²) in [5, 5.41) is 0. The number of carbonyl (C=O) groups excluding carboxylic acids is 1. The zero-order valence-electron chi connectivity index (χ0n) is 21.0. The van der Waals surface area contributed by atoms with Crippen molar-refractivity contribution in [1.29, 1.82) is 0 Å². The van der Waals surface area contributed by atoms with Crippen molar-refractivity contribution in [3.63, 3.8) is 0 Å². The van der Waals surface area contributed by atoms with Gasteiger partial charge in [0, 0.05) is 0 Å². The van der Waals surface area contributed by atoms with Crippen LogP contribution in [0.25, 0.3) is 0 Å². The number of nitrogens with zero attached hydrogens (tertiary/aromatic N) is 1. The number of rotatable bonds is 19. The molecule has 0 rings (SSSR count). The Hall–Kier alpha value is -1.08. The first-order valence-electron chi connectivity index (χ1n) is 10.8. The molecule has 0 saturated heterocycles. The number of hydrogen-bond donors (Lipinski definition) is 0. The molecule has 0 N–H and O–H groups in total. The van der Waals surface area contributed by atoms with Crippen molar-refractivity contribution < 1.29 is 56.2 Å². The van der Waals surface area contributed by atoms with Crippen LogP contribution in [-0.4, -0.2) is 89.7 Å². The molecule has 0 radical (unpaired) electrons. The lowest BCUT2D eigenvalue weighted by Crippen LogP contribution is -2.65. The third-order valence-corrected chi connectivity index (χ3v) is 4.69. The number of esters is 1. The van der Waals surface area contributed by atoms with Crippen molar-refractivity contribution in [1.82, 2.24) is 0 Å². The van der Waals surface area contributed by atoms with Crippen molar-refractivity contribution in [3.8, 4) is 0 Å². The molecule has 0 heterocycles. The molecule has 1 unspecified atom stereocenters. The zero-order valence-corrected chi connectivity index (χ0v) is 21.9. The van der Waals surface area contributed by atoms with Crippen molar-refractivity contribution in [2.45, 2.75) is 46.6 Å². The van der Waals surface area contributed by atoms with E-state index in [9.17, 15) is 14.3 Å². The molecule has 0 spiro atoms. The molecule has 0 aromatic carbocycles. The average Bonchev–Trinajstić information content (AvgIpc) is 2.67. The van der Waals surface area contributed by atoms with Gasteiger partial charge in [0.05, 0.1) is 54.2 Å². The van der Waals surface area contributed by atoms with Crippen LogP contribution in [-0.2, 0) is 46.8 Å². The van der Waals surface area contributed by atoms with Crippen molar-refractivity contribution in [3.05, 3.63) is 12.3 Å². The number of phosphoric ester groups is 1. The van der Waals surface area contributed by atoms with E-state index in [1.54, 1.807) is 34.6 Å². The topological polar surface area (TPSA) is 131 Å². The second-order valence-corrected chi connectivity index (χ2v) is 8.81. The minimum Gasteiger partial charge on any atom is -0.756 e. The molecule has 13 heteroatoms. The number of carbonyl (C=O) groups is 1. The summed E-state index contributed by atoms with van der Waals surface area (Å²) in [5.74, 6) is -6.77. The van der Waals surface area contributed by atoms with Crippen LogP contribution in [0.1, 0.15) is 34.6 Å². The highest BCUT2D eigenvalue weighted by Gasteiger charge is 2.65. The summed E-state index contributed by atoms with van der Waals surface area (Å²) in [6, 6.07) is 0. The first-order valence-corrected chi connectivity index (χ1v) is 12.3. The lowest BCUT2D eigenvalue weighted by atomic mass is 10.4. The molecule has 0 saturated carbocycles. The Kier molecular flexibility index (Phi) is 13.9. The monoisotopic (exact) mass is 501 g/mol. The highest BCUT2D eigenvalue weighted by Crippen LogP contribution is 2.49. The molecule has 1 atom stereocenters. The van der Waals surface area contributed by atoms with Gasteiger partial charge in [-0.15, -0.1) is 0 Å². The maximum atomic E-state index is 12.8. The smallest absolute Gasteiger partial charge is 0.417 e. The maximum Gasteiger partial charge on any atom is 0.417 e. The molecule has 0 fully saturated rings.